The van der Waals surface area contributed by atoms with Crippen LogP contribution in [0.3, 0.4) is 0 Å². The van der Waals surface area contributed by atoms with Crippen LogP contribution in [0.15, 0.2) is 95.3 Å². The Morgan fingerprint density at radius 2 is 1.72 bits per heavy atom. The quantitative estimate of drug-likeness (QED) is 0.345. The number of halogens is 1. The highest BCUT2D eigenvalue weighted by molar-refractivity contribution is 6.32. The maximum absolute atomic E-state index is 13.8. The molecule has 0 aromatic heterocycles. The largest absolute Gasteiger partial charge is 0.503 e. The molecule has 0 radical (unpaired) electrons. The maximum Gasteiger partial charge on any atom is 0.336 e. The van der Waals surface area contributed by atoms with Gasteiger partial charge < -0.3 is 19.9 Å². The minimum absolute atomic E-state index is 0.0238. The van der Waals surface area contributed by atoms with Gasteiger partial charge in [0.25, 0.3) is 0 Å². The molecule has 0 bridgehead atoms. The van der Waals surface area contributed by atoms with Crippen LogP contribution in [0.5, 0.6) is 11.5 Å². The molecule has 2 N–H and O–H groups in total. The van der Waals surface area contributed by atoms with E-state index in [0.717, 1.165) is 16.8 Å². The Balaban J connectivity index is 1.52. The van der Waals surface area contributed by atoms with E-state index in [0.29, 0.717) is 41.7 Å². The molecule has 0 spiro atoms. The van der Waals surface area contributed by atoms with Gasteiger partial charge in [-0.3, -0.25) is 4.79 Å². The van der Waals surface area contributed by atoms with Crippen molar-refractivity contribution in [3.8, 4) is 11.5 Å². The molecule has 0 amide bonds. The third-order valence-electron chi connectivity index (χ3n) is 7.39. The van der Waals surface area contributed by atoms with Gasteiger partial charge in [0.2, 0.25) is 0 Å². The summed E-state index contributed by atoms with van der Waals surface area (Å²) < 4.78 is 11.1. The highest BCUT2D eigenvalue weighted by atomic mass is 35.5. The number of Topliss-reactive ketones (excluding diaryl/α,β-unsaturated/α-hetero) is 1. The predicted octanol–water partition coefficient (Wildman–Crippen LogP) is 6.20. The molecule has 0 fully saturated rings. The van der Waals surface area contributed by atoms with Gasteiger partial charge in [-0.15, -0.1) is 0 Å². The van der Waals surface area contributed by atoms with Crippen molar-refractivity contribution in [2.45, 2.75) is 38.0 Å². The molecule has 7 heteroatoms. The molecular formula is C32H30ClNO5. The summed E-state index contributed by atoms with van der Waals surface area (Å²) in [6.45, 7) is 2.02. The fraction of sp³-hybridized carbons (Fsp3) is 0.250. The lowest BCUT2D eigenvalue weighted by molar-refractivity contribution is -0.139. The van der Waals surface area contributed by atoms with Crippen LogP contribution in [0.25, 0.3) is 0 Å². The third-order valence-corrected chi connectivity index (χ3v) is 7.68. The summed E-state index contributed by atoms with van der Waals surface area (Å²) in [6.07, 6.45) is 1.51. The van der Waals surface area contributed by atoms with Gasteiger partial charge in [0, 0.05) is 35.7 Å². The van der Waals surface area contributed by atoms with Crippen LogP contribution >= 0.6 is 11.6 Å². The summed E-state index contributed by atoms with van der Waals surface area (Å²) in [5, 5.41) is 13.8. The number of carbonyl (C=O) groups excluding carboxylic acids is 2. The van der Waals surface area contributed by atoms with Crippen molar-refractivity contribution in [2.75, 3.05) is 13.7 Å². The second kappa shape index (κ2) is 11.4. The highest BCUT2D eigenvalue weighted by Gasteiger charge is 2.42. The zero-order chi connectivity index (χ0) is 27.5. The number of dihydropyridines is 1. The summed E-state index contributed by atoms with van der Waals surface area (Å²) in [4.78, 5) is 27.4. The van der Waals surface area contributed by atoms with Gasteiger partial charge in [-0.1, -0.05) is 72.3 Å². The molecule has 6 nitrogen and oxygen atoms in total. The average Bonchev–Trinajstić information content (AvgIpc) is 2.94. The fourth-order valence-corrected chi connectivity index (χ4v) is 5.72. The van der Waals surface area contributed by atoms with E-state index in [2.05, 4.69) is 5.32 Å². The molecule has 1 aliphatic carbocycles. The average molecular weight is 544 g/mol. The number of ketones is 1. The summed E-state index contributed by atoms with van der Waals surface area (Å²) in [6, 6.07) is 23.0. The topological polar surface area (TPSA) is 84.9 Å². The molecule has 2 atom stereocenters. The van der Waals surface area contributed by atoms with E-state index in [9.17, 15) is 14.7 Å². The van der Waals surface area contributed by atoms with Gasteiger partial charge in [-0.2, -0.15) is 0 Å². The number of carbonyl (C=O) groups is 2. The number of rotatable bonds is 7. The zero-order valence-electron chi connectivity index (χ0n) is 21.9. The number of ether oxygens (including phenoxy) is 2. The summed E-state index contributed by atoms with van der Waals surface area (Å²) in [5.74, 6) is -1.28. The van der Waals surface area contributed by atoms with E-state index < -0.39 is 11.9 Å². The standard InChI is InChI=1S/C32H30ClNO5/c1-19-28(32(37)39-14-13-20-9-5-3-6-10-20)29(23-15-24(33)31(36)27(18-23)38-2)30-25(34-19)16-22(17-26(30)35)21-11-7-4-8-12-21/h3-12,15,18,22,29,34,36H,13-14,16-17H2,1-2H3/t22-,29-/m1/s1. The summed E-state index contributed by atoms with van der Waals surface area (Å²) in [5.41, 5.74) is 5.00. The molecule has 0 unspecified atom stereocenters. The smallest absolute Gasteiger partial charge is 0.336 e. The predicted molar refractivity (Wildman–Crippen MR) is 150 cm³/mol. The van der Waals surface area contributed by atoms with Crippen molar-refractivity contribution in [2.24, 2.45) is 0 Å². The first-order chi connectivity index (χ1) is 18.9. The van der Waals surface area contributed by atoms with Crippen LogP contribution in [-0.2, 0) is 20.7 Å². The van der Waals surface area contributed by atoms with E-state index in [4.69, 9.17) is 21.1 Å². The van der Waals surface area contributed by atoms with E-state index in [1.54, 1.807) is 12.1 Å². The summed E-state index contributed by atoms with van der Waals surface area (Å²) in [7, 11) is 1.43. The Hall–Kier alpha value is -4.03. The Bertz CT molecular complexity index is 1460. The van der Waals surface area contributed by atoms with Crippen LogP contribution in [0, 0.1) is 0 Å². The molecule has 3 aromatic carbocycles. The molecule has 39 heavy (non-hydrogen) atoms. The van der Waals surface area contributed by atoms with Crippen LogP contribution in [0.2, 0.25) is 5.02 Å². The minimum atomic E-state index is -0.721. The van der Waals surface area contributed by atoms with E-state index in [-0.39, 0.29) is 34.8 Å². The number of phenols is 1. The Morgan fingerprint density at radius 1 is 1.03 bits per heavy atom. The van der Waals surface area contributed by atoms with Crippen molar-refractivity contribution < 1.29 is 24.2 Å². The van der Waals surface area contributed by atoms with Gasteiger partial charge in [0.15, 0.2) is 17.3 Å². The number of hydrogen-bond donors (Lipinski definition) is 2. The zero-order valence-corrected chi connectivity index (χ0v) is 22.6. The van der Waals surface area contributed by atoms with E-state index in [1.807, 2.05) is 67.6 Å². The van der Waals surface area contributed by atoms with Crippen molar-refractivity contribution in [3.63, 3.8) is 0 Å². The number of methoxy groups -OCH3 is 1. The minimum Gasteiger partial charge on any atom is -0.503 e. The lowest BCUT2D eigenvalue weighted by atomic mass is 9.71. The first-order valence-electron chi connectivity index (χ1n) is 12.9. The van der Waals surface area contributed by atoms with Crippen LogP contribution in [-0.4, -0.2) is 30.6 Å². The van der Waals surface area contributed by atoms with Gasteiger partial charge in [0.05, 0.1) is 24.3 Å². The van der Waals surface area contributed by atoms with Gasteiger partial charge in [-0.05, 0) is 48.1 Å². The van der Waals surface area contributed by atoms with Crippen molar-refractivity contribution in [3.05, 3.63) is 117 Å². The maximum atomic E-state index is 13.8. The number of benzene rings is 3. The number of hydrogen-bond acceptors (Lipinski definition) is 6. The molecule has 2 aliphatic rings. The van der Waals surface area contributed by atoms with E-state index >= 15 is 0 Å². The van der Waals surface area contributed by atoms with Gasteiger partial charge in [0.1, 0.15) is 0 Å². The molecule has 0 saturated carbocycles. The Kier molecular flexibility index (Phi) is 7.75. The lowest BCUT2D eigenvalue weighted by Gasteiger charge is -2.37. The molecular weight excluding hydrogens is 514 g/mol. The molecule has 0 saturated heterocycles. The van der Waals surface area contributed by atoms with E-state index in [1.165, 1.54) is 7.11 Å². The van der Waals surface area contributed by atoms with Crippen LogP contribution < -0.4 is 10.1 Å². The molecule has 5 rings (SSSR count). The molecule has 1 aliphatic heterocycles. The summed E-state index contributed by atoms with van der Waals surface area (Å²) >= 11 is 6.37. The molecule has 1 heterocycles. The highest BCUT2D eigenvalue weighted by Crippen LogP contribution is 2.48. The fourth-order valence-electron chi connectivity index (χ4n) is 5.50. The number of aromatic hydroxyl groups is 1. The van der Waals surface area contributed by atoms with Crippen molar-refractivity contribution in [1.29, 1.82) is 0 Å². The SMILES string of the molecule is COc1cc([C@@H]2C(C(=O)OCCc3ccccc3)=C(C)NC3=C2C(=O)C[C@H](c2ccccc2)C3)cc(Cl)c1O. The van der Waals surface area contributed by atoms with Crippen LogP contribution in [0.4, 0.5) is 0 Å². The Morgan fingerprint density at radius 3 is 2.41 bits per heavy atom. The van der Waals surface area contributed by atoms with Crippen molar-refractivity contribution >= 4 is 23.4 Å². The monoisotopic (exact) mass is 543 g/mol. The third kappa shape index (κ3) is 5.43. The number of nitrogens with one attached hydrogen (secondary N) is 1. The van der Waals surface area contributed by atoms with Crippen LogP contribution in [0.1, 0.15) is 48.3 Å². The second-order valence-corrected chi connectivity index (χ2v) is 10.3. The molecule has 3 aromatic rings. The lowest BCUT2D eigenvalue weighted by Crippen LogP contribution is -2.36. The Labute approximate surface area is 232 Å². The first kappa shape index (κ1) is 26.6. The second-order valence-electron chi connectivity index (χ2n) is 9.85. The van der Waals surface area contributed by atoms with Crippen molar-refractivity contribution in [1.82, 2.24) is 5.32 Å². The molecule has 200 valence electrons. The number of esters is 1. The first-order valence-corrected chi connectivity index (χ1v) is 13.3. The number of allylic oxidation sites excluding steroid dienone is 3. The van der Waals surface area contributed by atoms with Gasteiger partial charge in [-0.25, -0.2) is 4.79 Å². The normalized spacial score (nSPS) is 18.9. The van der Waals surface area contributed by atoms with Gasteiger partial charge >= 0.3 is 5.97 Å². The number of phenolic OH excluding ortho intramolecular Hbond substituents is 1.